The van der Waals surface area contributed by atoms with Crippen molar-refractivity contribution in [3.05, 3.63) is 17.9 Å². The Labute approximate surface area is 222 Å². The van der Waals surface area contributed by atoms with Crippen LogP contribution < -0.4 is 5.32 Å². The summed E-state index contributed by atoms with van der Waals surface area (Å²) in [7, 11) is 0. The van der Waals surface area contributed by atoms with Crippen molar-refractivity contribution in [3.63, 3.8) is 0 Å². The summed E-state index contributed by atoms with van der Waals surface area (Å²) in [5.41, 5.74) is 6.94. The van der Waals surface area contributed by atoms with Crippen LogP contribution in [0.15, 0.2) is 12.2 Å². The molecule has 0 aliphatic rings. The number of nitrogens with one attached hydrogen (secondary N) is 2. The van der Waals surface area contributed by atoms with E-state index in [1.807, 2.05) is 13.0 Å². The molecule has 0 saturated heterocycles. The summed E-state index contributed by atoms with van der Waals surface area (Å²) >= 11 is 4.51. The summed E-state index contributed by atoms with van der Waals surface area (Å²) in [6, 6.07) is 0.486. The number of thiol groups is 1. The van der Waals surface area contributed by atoms with E-state index >= 15 is 0 Å². The minimum absolute atomic E-state index is 0. The van der Waals surface area contributed by atoms with Crippen molar-refractivity contribution >= 4 is 12.6 Å². The molecule has 10 heteroatoms. The Hall–Kier alpha value is 0.458. The van der Waals surface area contributed by atoms with Crippen LogP contribution in [-0.2, 0) is 44.7 Å². The van der Waals surface area contributed by atoms with E-state index in [2.05, 4.69) is 45.6 Å². The molecule has 0 amide bonds. The molecule has 0 bridgehead atoms. The minimum atomic E-state index is -0.535. The molecular formula is C23H49N2O6SW-. The molecule has 0 radical (unpaired) electrons. The van der Waals surface area contributed by atoms with Gasteiger partial charge in [-0.3, -0.25) is 0 Å². The predicted molar refractivity (Wildman–Crippen MR) is 135 cm³/mol. The molecule has 0 aromatic carbocycles. The molecule has 1 atom stereocenters. The third-order valence-electron chi connectivity index (χ3n) is 3.77. The Morgan fingerprint density at radius 3 is 1.88 bits per heavy atom. The van der Waals surface area contributed by atoms with Crippen molar-refractivity contribution in [3.8, 4) is 0 Å². The van der Waals surface area contributed by atoms with Crippen LogP contribution in [-0.4, -0.2) is 95.2 Å². The quantitative estimate of drug-likeness (QED) is 0.0749. The maximum atomic E-state index is 8.23. The molecule has 0 fully saturated rings. The molecule has 0 spiro atoms. The molecule has 1 unspecified atom stereocenters. The van der Waals surface area contributed by atoms with E-state index in [4.69, 9.17) is 34.5 Å². The van der Waals surface area contributed by atoms with Gasteiger partial charge in [0.15, 0.2) is 0 Å². The second-order valence-corrected chi connectivity index (χ2v) is 8.88. The van der Waals surface area contributed by atoms with Crippen LogP contribution in [0.5, 0.6) is 0 Å². The van der Waals surface area contributed by atoms with Gasteiger partial charge in [0, 0.05) is 46.7 Å². The van der Waals surface area contributed by atoms with Gasteiger partial charge in [0.05, 0.1) is 59.5 Å². The number of rotatable bonds is 21. The summed E-state index contributed by atoms with van der Waals surface area (Å²) in [6.45, 7) is 16.5. The average Bonchev–Trinajstić information content (AvgIpc) is 2.73. The number of allylic oxidation sites excluding steroid dienone is 1. The first-order valence-corrected chi connectivity index (χ1v) is 12.0. The van der Waals surface area contributed by atoms with E-state index in [0.29, 0.717) is 77.8 Å². The maximum Gasteiger partial charge on any atom is 0.110 e. The average molecular weight is 666 g/mol. The van der Waals surface area contributed by atoms with Gasteiger partial charge in [-0.05, 0) is 12.8 Å². The Morgan fingerprint density at radius 2 is 1.39 bits per heavy atom. The van der Waals surface area contributed by atoms with Crippen LogP contribution in [0.3, 0.4) is 0 Å². The van der Waals surface area contributed by atoms with Crippen molar-refractivity contribution in [2.24, 2.45) is 5.92 Å². The van der Waals surface area contributed by atoms with Crippen molar-refractivity contribution in [1.82, 2.24) is 5.32 Å². The molecule has 0 rings (SSSR count). The van der Waals surface area contributed by atoms with Crippen LogP contribution in [0, 0.1) is 5.92 Å². The van der Waals surface area contributed by atoms with Gasteiger partial charge in [0.25, 0.3) is 0 Å². The molecular weight excluding hydrogens is 616 g/mol. The second-order valence-electron chi connectivity index (χ2n) is 7.94. The van der Waals surface area contributed by atoms with Gasteiger partial charge in [-0.25, -0.2) is 0 Å². The summed E-state index contributed by atoms with van der Waals surface area (Å²) < 4.78 is 27.2. The van der Waals surface area contributed by atoms with E-state index < -0.39 is 4.93 Å². The van der Waals surface area contributed by atoms with Crippen molar-refractivity contribution < 1.29 is 49.9 Å². The molecule has 200 valence electrons. The Bertz CT molecular complexity index is 405. The first-order valence-electron chi connectivity index (χ1n) is 11.6. The van der Waals surface area contributed by atoms with Crippen LogP contribution in [0.2, 0.25) is 0 Å². The van der Waals surface area contributed by atoms with E-state index in [0.717, 1.165) is 6.54 Å². The van der Waals surface area contributed by atoms with Crippen molar-refractivity contribution in [1.29, 1.82) is 0 Å². The van der Waals surface area contributed by atoms with E-state index in [1.165, 1.54) is 0 Å². The zero-order chi connectivity index (χ0) is 24.5. The Kier molecular flexibility index (Phi) is 33.0. The molecule has 0 heterocycles. The summed E-state index contributed by atoms with van der Waals surface area (Å²) in [6.07, 6.45) is 4.42. The summed E-state index contributed by atoms with van der Waals surface area (Å²) in [5.74, 6) is 0.562. The van der Waals surface area contributed by atoms with E-state index in [9.17, 15) is 0 Å². The van der Waals surface area contributed by atoms with Crippen LogP contribution in [0.4, 0.5) is 0 Å². The number of hydrogen-bond acceptors (Lipinski definition) is 8. The fourth-order valence-corrected chi connectivity index (χ4v) is 2.31. The van der Waals surface area contributed by atoms with Gasteiger partial charge in [-0.1, -0.05) is 39.8 Å². The molecule has 0 aliphatic carbocycles. The molecule has 0 aromatic rings. The van der Waals surface area contributed by atoms with Gasteiger partial charge in [-0.2, -0.15) is 0 Å². The number of aliphatic hydroxyl groups excluding tert-OH is 1. The van der Waals surface area contributed by atoms with Gasteiger partial charge in [0.1, 0.15) is 4.93 Å². The second kappa shape index (κ2) is 28.7. The van der Waals surface area contributed by atoms with E-state index in [-0.39, 0.29) is 34.2 Å². The topological polar surface area (TPSA) is 102 Å². The normalized spacial score (nSPS) is 13.2. The SMILES string of the molecule is CC(C)/C=C/CO.CC(C)NCCOCCOCCC(C)(S)OCCOCCOCC[NH-].[W]. The smallest absolute Gasteiger partial charge is 0.110 e. The van der Waals surface area contributed by atoms with E-state index in [1.54, 1.807) is 6.08 Å². The van der Waals surface area contributed by atoms with Crippen LogP contribution >= 0.6 is 12.6 Å². The zero-order valence-corrected chi connectivity index (χ0v) is 25.2. The first-order chi connectivity index (χ1) is 15.2. The Balaban J connectivity index is -0.000000969. The van der Waals surface area contributed by atoms with Gasteiger partial charge in [0.2, 0.25) is 0 Å². The third kappa shape index (κ3) is 37.2. The van der Waals surface area contributed by atoms with Crippen molar-refractivity contribution in [2.75, 3.05) is 79.2 Å². The number of ether oxygens (including phenoxy) is 5. The number of aliphatic hydroxyl groups is 1. The molecule has 3 N–H and O–H groups in total. The van der Waals surface area contributed by atoms with Gasteiger partial charge >= 0.3 is 0 Å². The third-order valence-corrected chi connectivity index (χ3v) is 4.12. The maximum absolute atomic E-state index is 8.23. The first kappa shape index (κ1) is 38.0. The molecule has 8 nitrogen and oxygen atoms in total. The monoisotopic (exact) mass is 665 g/mol. The van der Waals surface area contributed by atoms with Crippen LogP contribution in [0.25, 0.3) is 5.73 Å². The fraction of sp³-hybridized carbons (Fsp3) is 0.913. The Morgan fingerprint density at radius 1 is 0.879 bits per heavy atom. The predicted octanol–water partition coefficient (Wildman–Crippen LogP) is 3.34. The number of hydrogen-bond donors (Lipinski definition) is 3. The van der Waals surface area contributed by atoms with Crippen LogP contribution in [0.1, 0.15) is 41.0 Å². The molecule has 0 aromatic heterocycles. The molecule has 0 saturated carbocycles. The standard InChI is InChI=1S/C17H37N2O5S.C6H12O.W/c1-16(2)19-6-9-22-12-10-20-7-4-17(3,25)24-15-14-23-13-11-21-8-5-18;1-6(2)4-3-5-7;/h16,18-19,25H,4-15H2,1-3H3;3-4,6-7H,5H2,1-2H3;/q-1;;/b;4-3+;. The summed E-state index contributed by atoms with van der Waals surface area (Å²) in [4.78, 5) is -0.535. The molecule has 0 aliphatic heterocycles. The molecule has 33 heavy (non-hydrogen) atoms. The van der Waals surface area contributed by atoms with Gasteiger partial charge in [-0.15, -0.1) is 19.2 Å². The fourth-order valence-electron chi connectivity index (χ4n) is 2.12. The zero-order valence-electron chi connectivity index (χ0n) is 21.3. The van der Waals surface area contributed by atoms with Gasteiger partial charge < -0.3 is 39.8 Å². The summed E-state index contributed by atoms with van der Waals surface area (Å²) in [5, 5.41) is 11.5. The van der Waals surface area contributed by atoms with Crippen molar-refractivity contribution in [2.45, 2.75) is 52.0 Å². The minimum Gasteiger partial charge on any atom is -0.676 e. The largest absolute Gasteiger partial charge is 0.676 e.